The number of pyridine rings is 1. The number of hydrogen-bond donors (Lipinski definition) is 1. The van der Waals surface area contributed by atoms with Gasteiger partial charge in [-0.25, -0.2) is 9.50 Å². The molecule has 0 aliphatic heterocycles. The quantitative estimate of drug-likeness (QED) is 0.456. The Morgan fingerprint density at radius 2 is 1.71 bits per heavy atom. The number of hydrogen-bond acceptors (Lipinski definition) is 4. The maximum Gasteiger partial charge on any atom is 0.255 e. The van der Waals surface area contributed by atoms with Crippen LogP contribution in [-0.2, 0) is 0 Å². The van der Waals surface area contributed by atoms with E-state index in [0.717, 1.165) is 39.4 Å². The fraction of sp³-hybridized carbons (Fsp3) is 0.0400. The topological polar surface area (TPSA) is 72.2 Å². The van der Waals surface area contributed by atoms with E-state index in [4.69, 9.17) is 5.10 Å². The summed E-state index contributed by atoms with van der Waals surface area (Å²) in [5, 5.41) is 7.73. The number of nitrogens with one attached hydrogen (secondary N) is 1. The molecule has 0 spiro atoms. The van der Waals surface area contributed by atoms with Crippen molar-refractivity contribution in [3.8, 4) is 22.5 Å². The van der Waals surface area contributed by atoms with Crippen LogP contribution in [0.2, 0.25) is 0 Å². The van der Waals surface area contributed by atoms with Gasteiger partial charge in [0, 0.05) is 47.0 Å². The fourth-order valence-electron chi connectivity index (χ4n) is 3.52. The number of anilines is 1. The lowest BCUT2D eigenvalue weighted by Gasteiger charge is -2.09. The predicted molar refractivity (Wildman–Crippen MR) is 121 cm³/mol. The van der Waals surface area contributed by atoms with Crippen LogP contribution in [-0.4, -0.2) is 25.5 Å². The van der Waals surface area contributed by atoms with Crippen LogP contribution < -0.4 is 5.32 Å². The third-order valence-electron chi connectivity index (χ3n) is 5.03. The highest BCUT2D eigenvalue weighted by Crippen LogP contribution is 2.26. The molecule has 2 aromatic carbocycles. The maximum atomic E-state index is 12.6. The van der Waals surface area contributed by atoms with Crippen molar-refractivity contribution in [3.63, 3.8) is 0 Å². The smallest absolute Gasteiger partial charge is 0.255 e. The Bertz CT molecular complexity index is 1390. The average molecular weight is 405 g/mol. The number of aryl methyl sites for hydroxylation is 1. The van der Waals surface area contributed by atoms with Crippen molar-refractivity contribution in [2.45, 2.75) is 6.92 Å². The molecule has 5 rings (SSSR count). The van der Waals surface area contributed by atoms with Gasteiger partial charge >= 0.3 is 0 Å². The monoisotopic (exact) mass is 405 g/mol. The molecule has 6 heteroatoms. The van der Waals surface area contributed by atoms with E-state index in [0.29, 0.717) is 5.56 Å². The molecule has 0 saturated carbocycles. The number of nitrogens with zero attached hydrogens (tertiary/aromatic N) is 4. The number of rotatable bonds is 4. The molecular weight excluding hydrogens is 386 g/mol. The van der Waals surface area contributed by atoms with Crippen LogP contribution in [0.25, 0.3) is 28.2 Å². The summed E-state index contributed by atoms with van der Waals surface area (Å²) in [6.45, 7) is 1.97. The zero-order valence-electron chi connectivity index (χ0n) is 16.9. The molecule has 150 valence electrons. The summed E-state index contributed by atoms with van der Waals surface area (Å²) in [4.78, 5) is 21.2. The summed E-state index contributed by atoms with van der Waals surface area (Å²) in [6.07, 6.45) is 5.25. The van der Waals surface area contributed by atoms with E-state index < -0.39 is 0 Å². The largest absolute Gasteiger partial charge is 0.322 e. The minimum absolute atomic E-state index is 0.139. The van der Waals surface area contributed by atoms with E-state index in [1.807, 2.05) is 84.2 Å². The molecule has 31 heavy (non-hydrogen) atoms. The summed E-state index contributed by atoms with van der Waals surface area (Å²) in [5.74, 6) is -0.139. The van der Waals surface area contributed by atoms with E-state index in [-0.39, 0.29) is 5.91 Å². The highest BCUT2D eigenvalue weighted by atomic mass is 16.1. The van der Waals surface area contributed by atoms with Crippen LogP contribution in [0.3, 0.4) is 0 Å². The molecule has 0 atom stereocenters. The molecular formula is C25H19N5O. The first-order chi connectivity index (χ1) is 15.2. The summed E-state index contributed by atoms with van der Waals surface area (Å²) in [7, 11) is 0. The van der Waals surface area contributed by atoms with Gasteiger partial charge in [-0.05, 0) is 49.4 Å². The second-order valence-corrected chi connectivity index (χ2v) is 7.27. The van der Waals surface area contributed by atoms with Gasteiger partial charge in [0.15, 0.2) is 5.65 Å². The third-order valence-corrected chi connectivity index (χ3v) is 5.03. The molecule has 0 radical (unpaired) electrons. The first-order valence-corrected chi connectivity index (χ1v) is 9.91. The number of fused-ring (bicyclic) bond motifs is 1. The molecule has 6 nitrogen and oxygen atoms in total. The van der Waals surface area contributed by atoms with Crippen LogP contribution in [0.1, 0.15) is 15.9 Å². The van der Waals surface area contributed by atoms with E-state index in [1.165, 1.54) is 0 Å². The molecule has 0 aliphatic rings. The first kappa shape index (κ1) is 18.7. The van der Waals surface area contributed by atoms with Crippen LogP contribution in [0.5, 0.6) is 0 Å². The average Bonchev–Trinajstić information content (AvgIpc) is 3.24. The highest BCUT2D eigenvalue weighted by molar-refractivity contribution is 6.04. The van der Waals surface area contributed by atoms with E-state index in [2.05, 4.69) is 15.3 Å². The Balaban J connectivity index is 1.49. The molecule has 3 heterocycles. The van der Waals surface area contributed by atoms with Crippen molar-refractivity contribution in [3.05, 3.63) is 103 Å². The van der Waals surface area contributed by atoms with Crippen molar-refractivity contribution in [1.82, 2.24) is 19.6 Å². The molecule has 0 bridgehead atoms. The lowest BCUT2D eigenvalue weighted by Crippen LogP contribution is -2.12. The molecule has 3 aromatic heterocycles. The van der Waals surface area contributed by atoms with Crippen LogP contribution in [0.15, 0.2) is 91.4 Å². The zero-order valence-corrected chi connectivity index (χ0v) is 16.9. The number of carbonyl (C=O) groups excluding carboxylic acids is 1. The van der Waals surface area contributed by atoms with Gasteiger partial charge < -0.3 is 5.32 Å². The van der Waals surface area contributed by atoms with Crippen LogP contribution in [0.4, 0.5) is 5.69 Å². The van der Waals surface area contributed by atoms with Gasteiger partial charge in [-0.2, -0.15) is 5.10 Å². The number of carbonyl (C=O) groups is 1. The molecule has 0 aliphatic carbocycles. The van der Waals surface area contributed by atoms with Crippen molar-refractivity contribution in [2.75, 3.05) is 5.32 Å². The molecule has 0 saturated heterocycles. The van der Waals surface area contributed by atoms with Crippen molar-refractivity contribution >= 4 is 17.2 Å². The van der Waals surface area contributed by atoms with Gasteiger partial charge in [0.1, 0.15) is 0 Å². The lowest BCUT2D eigenvalue weighted by molar-refractivity contribution is 0.102. The molecule has 5 aromatic rings. The normalized spacial score (nSPS) is 10.9. The highest BCUT2D eigenvalue weighted by Gasteiger charge is 2.11. The van der Waals surface area contributed by atoms with Crippen molar-refractivity contribution < 1.29 is 4.79 Å². The van der Waals surface area contributed by atoms with Crippen LogP contribution >= 0.6 is 0 Å². The minimum atomic E-state index is -0.139. The summed E-state index contributed by atoms with van der Waals surface area (Å²) in [5.41, 5.74) is 6.76. The zero-order chi connectivity index (χ0) is 21.2. The van der Waals surface area contributed by atoms with Gasteiger partial charge in [0.05, 0.1) is 11.4 Å². The summed E-state index contributed by atoms with van der Waals surface area (Å²) in [6, 6.07) is 23.0. The number of benzene rings is 2. The molecule has 1 amide bonds. The SMILES string of the molecule is Cc1cccc(C(=O)Nc2cccc(-c3ccnc4cc(-c5ccncc5)nn34)c2)c1. The first-order valence-electron chi connectivity index (χ1n) is 9.91. The Morgan fingerprint density at radius 1 is 0.871 bits per heavy atom. The van der Waals surface area contributed by atoms with Crippen LogP contribution in [0, 0.1) is 6.92 Å². The van der Waals surface area contributed by atoms with Gasteiger partial charge in [-0.1, -0.05) is 29.8 Å². The standard InChI is InChI=1S/C25H19N5O/c1-17-4-2-6-20(14-17)25(31)28-21-7-3-5-19(15-21)23-10-13-27-24-16-22(29-30(23)24)18-8-11-26-12-9-18/h2-16H,1H3,(H,28,31). The molecule has 0 fully saturated rings. The van der Waals surface area contributed by atoms with E-state index in [1.54, 1.807) is 18.6 Å². The minimum Gasteiger partial charge on any atom is -0.322 e. The fourth-order valence-corrected chi connectivity index (χ4v) is 3.52. The number of aromatic nitrogens is 4. The van der Waals surface area contributed by atoms with E-state index in [9.17, 15) is 4.79 Å². The summed E-state index contributed by atoms with van der Waals surface area (Å²) >= 11 is 0. The summed E-state index contributed by atoms with van der Waals surface area (Å²) < 4.78 is 1.82. The maximum absolute atomic E-state index is 12.6. The Kier molecular flexibility index (Phi) is 4.72. The van der Waals surface area contributed by atoms with E-state index >= 15 is 0 Å². The molecule has 0 unspecified atom stereocenters. The van der Waals surface area contributed by atoms with Gasteiger partial charge in [-0.3, -0.25) is 9.78 Å². The molecule has 1 N–H and O–H groups in total. The second kappa shape index (κ2) is 7.84. The van der Waals surface area contributed by atoms with Crippen molar-refractivity contribution in [1.29, 1.82) is 0 Å². The van der Waals surface area contributed by atoms with Gasteiger partial charge in [0.25, 0.3) is 5.91 Å². The lowest BCUT2D eigenvalue weighted by atomic mass is 10.1. The van der Waals surface area contributed by atoms with Gasteiger partial charge in [-0.15, -0.1) is 0 Å². The Hall–Kier alpha value is -4.32. The van der Waals surface area contributed by atoms with Crippen molar-refractivity contribution in [2.24, 2.45) is 0 Å². The predicted octanol–water partition coefficient (Wildman–Crippen LogP) is 5.02. The van der Waals surface area contributed by atoms with Gasteiger partial charge in [0.2, 0.25) is 0 Å². The Morgan fingerprint density at radius 3 is 2.55 bits per heavy atom. The Labute approximate surface area is 179 Å². The second-order valence-electron chi connectivity index (χ2n) is 7.27. The number of amides is 1. The third kappa shape index (κ3) is 3.79.